The van der Waals surface area contributed by atoms with Crippen molar-refractivity contribution in [2.24, 2.45) is 0 Å². The first-order chi connectivity index (χ1) is 8.97. The highest BCUT2D eigenvalue weighted by Gasteiger charge is 2.34. The average molecular weight is 327 g/mol. The van der Waals surface area contributed by atoms with Gasteiger partial charge in [0.2, 0.25) is 0 Å². The van der Waals surface area contributed by atoms with Crippen molar-refractivity contribution >= 4 is 27.6 Å². The Hall–Kier alpha value is -1.55. The van der Waals surface area contributed by atoms with Crippen molar-refractivity contribution in [1.29, 1.82) is 0 Å². The molecule has 0 aromatic heterocycles. The Morgan fingerprint density at radius 2 is 1.47 bits per heavy atom. The molecule has 0 saturated heterocycles. The number of halogens is 4. The van der Waals surface area contributed by atoms with Gasteiger partial charge in [-0.15, -0.1) is 0 Å². The zero-order valence-electron chi connectivity index (χ0n) is 9.79. The van der Waals surface area contributed by atoms with Gasteiger partial charge in [0.25, 0.3) is 0 Å². The summed E-state index contributed by atoms with van der Waals surface area (Å²) in [6.07, 6.45) is -3.23. The van der Waals surface area contributed by atoms with E-state index in [1.807, 2.05) is 0 Å². The predicted octanol–water partition coefficient (Wildman–Crippen LogP) is 5.55. The molecule has 0 aliphatic heterocycles. The molecule has 4 heteroatoms. The third kappa shape index (κ3) is 3.70. The fourth-order valence-corrected chi connectivity index (χ4v) is 1.94. The van der Waals surface area contributed by atoms with Crippen LogP contribution in [0.4, 0.5) is 13.2 Å². The minimum Gasteiger partial charge on any atom is -0.166 e. The quantitative estimate of drug-likeness (QED) is 0.634. The predicted molar refractivity (Wildman–Crippen MR) is 74.5 cm³/mol. The lowest BCUT2D eigenvalue weighted by Gasteiger charge is -2.12. The lowest BCUT2D eigenvalue weighted by Crippen LogP contribution is -2.10. The molecule has 0 bridgehead atoms. The molecule has 0 fully saturated rings. The molecule has 0 atom stereocenters. The summed E-state index contributed by atoms with van der Waals surface area (Å²) in [6.45, 7) is 0. The molecule has 19 heavy (non-hydrogen) atoms. The Balaban J connectivity index is 2.48. The number of hydrogen-bond donors (Lipinski definition) is 0. The largest absolute Gasteiger partial charge is 0.417 e. The maximum absolute atomic E-state index is 13.1. The van der Waals surface area contributed by atoms with Gasteiger partial charge < -0.3 is 0 Å². The van der Waals surface area contributed by atoms with Crippen LogP contribution in [0.25, 0.3) is 11.6 Å². The molecule has 2 rings (SSSR count). The molecular formula is C15H10BrF3. The Morgan fingerprint density at radius 3 is 2.00 bits per heavy atom. The van der Waals surface area contributed by atoms with Gasteiger partial charge in [0, 0.05) is 4.47 Å². The van der Waals surface area contributed by atoms with Crippen molar-refractivity contribution in [3.8, 4) is 0 Å². The highest BCUT2D eigenvalue weighted by molar-refractivity contribution is 9.10. The molecule has 0 heterocycles. The van der Waals surface area contributed by atoms with E-state index in [-0.39, 0.29) is 5.56 Å². The van der Waals surface area contributed by atoms with E-state index in [9.17, 15) is 13.2 Å². The van der Waals surface area contributed by atoms with Crippen molar-refractivity contribution in [2.45, 2.75) is 6.18 Å². The fourth-order valence-electron chi connectivity index (χ4n) is 1.67. The summed E-state index contributed by atoms with van der Waals surface area (Å²) < 4.78 is 40.1. The highest BCUT2D eigenvalue weighted by atomic mass is 79.9. The standard InChI is InChI=1S/C15H10BrF3/c16-13-8-6-12(7-9-13)14(15(17,18)19)10-11-4-2-1-3-5-11/h1-10H/b14-10+. The lowest BCUT2D eigenvalue weighted by atomic mass is 10.0. The van der Waals surface area contributed by atoms with E-state index in [1.165, 1.54) is 12.1 Å². The van der Waals surface area contributed by atoms with Gasteiger partial charge in [-0.25, -0.2) is 0 Å². The summed E-state index contributed by atoms with van der Waals surface area (Å²) in [4.78, 5) is 0. The van der Waals surface area contributed by atoms with E-state index >= 15 is 0 Å². The molecule has 0 N–H and O–H groups in total. The minimum atomic E-state index is -4.39. The monoisotopic (exact) mass is 326 g/mol. The van der Waals surface area contributed by atoms with Crippen LogP contribution in [0.2, 0.25) is 0 Å². The summed E-state index contributed by atoms with van der Waals surface area (Å²) in [6, 6.07) is 14.6. The maximum Gasteiger partial charge on any atom is 0.417 e. The zero-order valence-corrected chi connectivity index (χ0v) is 11.4. The van der Waals surface area contributed by atoms with E-state index in [0.29, 0.717) is 5.56 Å². The van der Waals surface area contributed by atoms with Crippen molar-refractivity contribution in [3.05, 3.63) is 70.2 Å². The van der Waals surface area contributed by atoms with Crippen LogP contribution in [0.3, 0.4) is 0 Å². The van der Waals surface area contributed by atoms with Gasteiger partial charge in [-0.05, 0) is 29.3 Å². The average Bonchev–Trinajstić information content (AvgIpc) is 2.37. The summed E-state index contributed by atoms with van der Waals surface area (Å²) in [5.74, 6) is 0. The minimum absolute atomic E-state index is 0.152. The molecule has 0 amide bonds. The number of benzene rings is 2. The molecule has 0 unspecified atom stereocenters. The number of allylic oxidation sites excluding steroid dienone is 1. The van der Waals surface area contributed by atoms with Crippen LogP contribution in [0.15, 0.2) is 59.1 Å². The molecule has 2 aromatic carbocycles. The smallest absolute Gasteiger partial charge is 0.166 e. The van der Waals surface area contributed by atoms with Crippen LogP contribution in [0, 0.1) is 0 Å². The molecule has 0 saturated carbocycles. The molecule has 98 valence electrons. The first kappa shape index (κ1) is 13.9. The second kappa shape index (κ2) is 5.61. The van der Waals surface area contributed by atoms with E-state index in [1.54, 1.807) is 42.5 Å². The van der Waals surface area contributed by atoms with Crippen molar-refractivity contribution in [1.82, 2.24) is 0 Å². The summed E-state index contributed by atoms with van der Waals surface area (Å²) in [5, 5.41) is 0. The second-order valence-corrected chi connectivity index (χ2v) is 4.89. The van der Waals surface area contributed by atoms with Crippen molar-refractivity contribution < 1.29 is 13.2 Å². The highest BCUT2D eigenvalue weighted by Crippen LogP contribution is 2.35. The van der Waals surface area contributed by atoms with Crippen LogP contribution in [-0.4, -0.2) is 6.18 Å². The van der Waals surface area contributed by atoms with Crippen LogP contribution in [0.1, 0.15) is 11.1 Å². The first-order valence-corrected chi connectivity index (χ1v) is 6.36. The summed E-state index contributed by atoms with van der Waals surface area (Å²) >= 11 is 3.21. The SMILES string of the molecule is FC(F)(F)/C(=C/c1ccccc1)c1ccc(Br)cc1. The Labute approximate surface area is 117 Å². The van der Waals surface area contributed by atoms with Gasteiger partial charge >= 0.3 is 6.18 Å². The zero-order chi connectivity index (χ0) is 13.9. The number of hydrogen-bond acceptors (Lipinski definition) is 0. The van der Waals surface area contributed by atoms with Gasteiger partial charge in [0.05, 0.1) is 5.57 Å². The summed E-state index contributed by atoms with van der Waals surface area (Å²) in [7, 11) is 0. The normalized spacial score (nSPS) is 12.5. The van der Waals surface area contributed by atoms with Gasteiger partial charge in [-0.3, -0.25) is 0 Å². The summed E-state index contributed by atoms with van der Waals surface area (Å²) in [5.41, 5.74) is 0.0310. The number of alkyl halides is 3. The molecule has 0 aliphatic carbocycles. The Kier molecular flexibility index (Phi) is 4.10. The third-order valence-electron chi connectivity index (χ3n) is 2.57. The second-order valence-electron chi connectivity index (χ2n) is 3.97. The Morgan fingerprint density at radius 1 is 0.895 bits per heavy atom. The van der Waals surface area contributed by atoms with E-state index < -0.39 is 11.7 Å². The van der Waals surface area contributed by atoms with Crippen LogP contribution in [0.5, 0.6) is 0 Å². The maximum atomic E-state index is 13.1. The van der Waals surface area contributed by atoms with Crippen LogP contribution in [-0.2, 0) is 0 Å². The van der Waals surface area contributed by atoms with E-state index in [0.717, 1.165) is 10.5 Å². The van der Waals surface area contributed by atoms with E-state index in [2.05, 4.69) is 15.9 Å². The van der Waals surface area contributed by atoms with Crippen LogP contribution >= 0.6 is 15.9 Å². The first-order valence-electron chi connectivity index (χ1n) is 5.57. The van der Waals surface area contributed by atoms with Gasteiger partial charge in [0.15, 0.2) is 0 Å². The van der Waals surface area contributed by atoms with Gasteiger partial charge in [-0.2, -0.15) is 13.2 Å². The van der Waals surface area contributed by atoms with E-state index in [4.69, 9.17) is 0 Å². The fraction of sp³-hybridized carbons (Fsp3) is 0.0667. The van der Waals surface area contributed by atoms with Crippen molar-refractivity contribution in [2.75, 3.05) is 0 Å². The molecule has 0 radical (unpaired) electrons. The molecule has 0 nitrogen and oxygen atoms in total. The Bertz CT molecular complexity index is 569. The van der Waals surface area contributed by atoms with Gasteiger partial charge in [-0.1, -0.05) is 58.4 Å². The molecule has 2 aromatic rings. The molecular weight excluding hydrogens is 317 g/mol. The van der Waals surface area contributed by atoms with Crippen molar-refractivity contribution in [3.63, 3.8) is 0 Å². The van der Waals surface area contributed by atoms with Crippen LogP contribution < -0.4 is 0 Å². The molecule has 0 aliphatic rings. The lowest BCUT2D eigenvalue weighted by molar-refractivity contribution is -0.0683. The third-order valence-corrected chi connectivity index (χ3v) is 3.10. The topological polar surface area (TPSA) is 0 Å². The van der Waals surface area contributed by atoms with Gasteiger partial charge in [0.1, 0.15) is 0 Å². The number of rotatable bonds is 2. The molecule has 0 spiro atoms.